The number of hydrogen-bond donors (Lipinski definition) is 2. The normalized spacial score (nSPS) is 10.2. The van der Waals surface area contributed by atoms with Crippen LogP contribution < -0.4 is 20.3 Å². The molecule has 6 heteroatoms. The molecule has 0 aliphatic carbocycles. The van der Waals surface area contributed by atoms with Crippen LogP contribution in [0, 0.1) is 0 Å². The molecule has 0 fully saturated rings. The van der Waals surface area contributed by atoms with Gasteiger partial charge in [0.1, 0.15) is 0 Å². The van der Waals surface area contributed by atoms with Gasteiger partial charge >= 0.3 is 0 Å². The first-order chi connectivity index (χ1) is 14.6. The van der Waals surface area contributed by atoms with E-state index in [0.717, 1.165) is 16.7 Å². The minimum atomic E-state index is -0.441. The smallest absolute Gasteiger partial charge is 0.269 e. The van der Waals surface area contributed by atoms with Gasteiger partial charge in [0.15, 0.2) is 11.5 Å². The molecule has 6 nitrogen and oxygen atoms in total. The highest BCUT2D eigenvalue weighted by Gasteiger charge is 2.12. The summed E-state index contributed by atoms with van der Waals surface area (Å²) in [7, 11) is 1.50. The number of carbonyl (C=O) groups is 2. The van der Waals surface area contributed by atoms with Gasteiger partial charge in [0.25, 0.3) is 5.91 Å². The summed E-state index contributed by atoms with van der Waals surface area (Å²) in [6.45, 7) is 2.36. The Kier molecular flexibility index (Phi) is 7.05. The summed E-state index contributed by atoms with van der Waals surface area (Å²) in [6, 6.07) is 22.6. The summed E-state index contributed by atoms with van der Waals surface area (Å²) in [5.41, 5.74) is 8.27. The van der Waals surface area contributed by atoms with Gasteiger partial charge in [-0.1, -0.05) is 54.6 Å². The van der Waals surface area contributed by atoms with Gasteiger partial charge in [-0.25, -0.2) is 0 Å². The van der Waals surface area contributed by atoms with Crippen molar-refractivity contribution in [2.75, 3.05) is 13.7 Å². The van der Waals surface area contributed by atoms with Crippen molar-refractivity contribution in [2.45, 2.75) is 13.3 Å². The summed E-state index contributed by atoms with van der Waals surface area (Å²) in [5.74, 6) is 0.256. The maximum absolute atomic E-state index is 12.3. The SMILES string of the molecule is CCOc1ccc(C(=O)NNC(=O)Cc2ccc(-c3ccccc3)cc2)cc1OC. The third-order valence-electron chi connectivity index (χ3n) is 4.47. The van der Waals surface area contributed by atoms with Crippen LogP contribution >= 0.6 is 0 Å². The molecular weight excluding hydrogens is 380 g/mol. The standard InChI is InChI=1S/C24H24N2O4/c1-3-30-21-14-13-20(16-22(21)29-2)24(28)26-25-23(27)15-17-9-11-19(12-10-17)18-7-5-4-6-8-18/h4-14,16H,3,15H2,1-2H3,(H,25,27)(H,26,28). The van der Waals surface area contributed by atoms with Gasteiger partial charge in [0.2, 0.25) is 5.91 Å². The first-order valence-electron chi connectivity index (χ1n) is 9.65. The van der Waals surface area contributed by atoms with E-state index in [1.165, 1.54) is 7.11 Å². The largest absolute Gasteiger partial charge is 0.493 e. The van der Waals surface area contributed by atoms with Gasteiger partial charge in [-0.3, -0.25) is 20.4 Å². The highest BCUT2D eigenvalue weighted by molar-refractivity contribution is 5.96. The summed E-state index contributed by atoms with van der Waals surface area (Å²) < 4.78 is 10.7. The Balaban J connectivity index is 1.55. The fraction of sp³-hybridized carbons (Fsp3) is 0.167. The van der Waals surface area contributed by atoms with Crippen molar-refractivity contribution in [1.82, 2.24) is 10.9 Å². The minimum Gasteiger partial charge on any atom is -0.493 e. The van der Waals surface area contributed by atoms with Crippen molar-refractivity contribution in [3.8, 4) is 22.6 Å². The first-order valence-corrected chi connectivity index (χ1v) is 9.65. The fourth-order valence-corrected chi connectivity index (χ4v) is 2.96. The van der Waals surface area contributed by atoms with Crippen molar-refractivity contribution >= 4 is 11.8 Å². The Bertz CT molecular complexity index is 1000. The Morgan fingerprint density at radius 3 is 2.20 bits per heavy atom. The van der Waals surface area contributed by atoms with Crippen LogP contribution in [-0.4, -0.2) is 25.5 Å². The van der Waals surface area contributed by atoms with Crippen LogP contribution in [-0.2, 0) is 11.2 Å². The highest BCUT2D eigenvalue weighted by atomic mass is 16.5. The lowest BCUT2D eigenvalue weighted by Crippen LogP contribution is -2.42. The van der Waals surface area contributed by atoms with Gasteiger partial charge in [0.05, 0.1) is 20.1 Å². The van der Waals surface area contributed by atoms with Gasteiger partial charge in [-0.2, -0.15) is 0 Å². The van der Waals surface area contributed by atoms with E-state index in [-0.39, 0.29) is 12.3 Å². The Labute approximate surface area is 175 Å². The number of ether oxygens (including phenoxy) is 2. The molecular formula is C24H24N2O4. The van der Waals surface area contributed by atoms with Crippen molar-refractivity contribution in [3.05, 3.63) is 83.9 Å². The molecule has 0 radical (unpaired) electrons. The van der Waals surface area contributed by atoms with E-state index in [1.54, 1.807) is 18.2 Å². The average Bonchev–Trinajstić information content (AvgIpc) is 2.79. The van der Waals surface area contributed by atoms with Crippen LogP contribution in [0.25, 0.3) is 11.1 Å². The van der Waals surface area contributed by atoms with Crippen LogP contribution in [0.15, 0.2) is 72.8 Å². The number of carbonyl (C=O) groups excluding carboxylic acids is 2. The van der Waals surface area contributed by atoms with E-state index < -0.39 is 5.91 Å². The Morgan fingerprint density at radius 1 is 0.833 bits per heavy atom. The number of benzene rings is 3. The topological polar surface area (TPSA) is 76.7 Å². The molecule has 3 aromatic rings. The molecule has 0 aromatic heterocycles. The van der Waals surface area contributed by atoms with Crippen LogP contribution in [0.2, 0.25) is 0 Å². The van der Waals surface area contributed by atoms with Crippen LogP contribution in [0.5, 0.6) is 11.5 Å². The number of rotatable bonds is 7. The van der Waals surface area contributed by atoms with E-state index in [4.69, 9.17) is 9.47 Å². The summed E-state index contributed by atoms with van der Waals surface area (Å²) in [5, 5.41) is 0. The number of hydrogen-bond acceptors (Lipinski definition) is 4. The third kappa shape index (κ3) is 5.38. The zero-order chi connectivity index (χ0) is 21.3. The molecule has 0 unspecified atom stereocenters. The number of hydrazine groups is 1. The third-order valence-corrected chi connectivity index (χ3v) is 4.47. The van der Waals surface area contributed by atoms with E-state index in [9.17, 15) is 9.59 Å². The zero-order valence-electron chi connectivity index (χ0n) is 17.0. The van der Waals surface area contributed by atoms with Crippen molar-refractivity contribution in [1.29, 1.82) is 0 Å². The first kappa shape index (κ1) is 20.9. The molecule has 2 amide bonds. The van der Waals surface area contributed by atoms with Crippen LogP contribution in [0.4, 0.5) is 0 Å². The molecule has 3 rings (SSSR count). The maximum atomic E-state index is 12.3. The predicted octanol–water partition coefficient (Wildman–Crippen LogP) is 3.76. The molecule has 2 N–H and O–H groups in total. The predicted molar refractivity (Wildman–Crippen MR) is 115 cm³/mol. The zero-order valence-corrected chi connectivity index (χ0v) is 17.0. The maximum Gasteiger partial charge on any atom is 0.269 e. The van der Waals surface area contributed by atoms with Gasteiger partial charge in [-0.15, -0.1) is 0 Å². The second-order valence-corrected chi connectivity index (χ2v) is 6.54. The number of methoxy groups -OCH3 is 1. The number of nitrogens with one attached hydrogen (secondary N) is 2. The molecule has 0 aliphatic heterocycles. The quantitative estimate of drug-likeness (QED) is 0.588. The van der Waals surface area contributed by atoms with Gasteiger partial charge in [0, 0.05) is 5.56 Å². The molecule has 30 heavy (non-hydrogen) atoms. The van der Waals surface area contributed by atoms with E-state index in [1.807, 2.05) is 61.5 Å². The van der Waals surface area contributed by atoms with Crippen molar-refractivity contribution in [2.24, 2.45) is 0 Å². The Hall–Kier alpha value is -3.80. The van der Waals surface area contributed by atoms with Gasteiger partial charge < -0.3 is 9.47 Å². The minimum absolute atomic E-state index is 0.155. The summed E-state index contributed by atoms with van der Waals surface area (Å²) >= 11 is 0. The van der Waals surface area contributed by atoms with E-state index in [2.05, 4.69) is 10.9 Å². The molecule has 0 heterocycles. The van der Waals surface area contributed by atoms with Crippen LogP contribution in [0.1, 0.15) is 22.8 Å². The molecule has 0 bridgehead atoms. The van der Waals surface area contributed by atoms with E-state index in [0.29, 0.717) is 23.7 Å². The Morgan fingerprint density at radius 2 is 1.53 bits per heavy atom. The molecule has 0 spiro atoms. The fourth-order valence-electron chi connectivity index (χ4n) is 2.96. The second kappa shape index (κ2) is 10.1. The van der Waals surface area contributed by atoms with Crippen molar-refractivity contribution in [3.63, 3.8) is 0 Å². The molecule has 0 atom stereocenters. The van der Waals surface area contributed by atoms with Crippen molar-refractivity contribution < 1.29 is 19.1 Å². The monoisotopic (exact) mass is 404 g/mol. The number of amides is 2. The average molecular weight is 404 g/mol. The van der Waals surface area contributed by atoms with Gasteiger partial charge in [-0.05, 0) is 41.8 Å². The lowest BCUT2D eigenvalue weighted by molar-refractivity contribution is -0.121. The highest BCUT2D eigenvalue weighted by Crippen LogP contribution is 2.28. The molecule has 0 saturated heterocycles. The molecule has 3 aromatic carbocycles. The second-order valence-electron chi connectivity index (χ2n) is 6.54. The molecule has 0 saturated carbocycles. The van der Waals surface area contributed by atoms with Crippen LogP contribution in [0.3, 0.4) is 0 Å². The lowest BCUT2D eigenvalue weighted by atomic mass is 10.0. The summed E-state index contributed by atoms with van der Waals surface area (Å²) in [4.78, 5) is 24.5. The lowest BCUT2D eigenvalue weighted by Gasteiger charge is -2.12. The molecule has 154 valence electrons. The summed E-state index contributed by atoms with van der Waals surface area (Å²) in [6.07, 6.45) is 0.155. The molecule has 0 aliphatic rings. The van der Waals surface area contributed by atoms with E-state index >= 15 is 0 Å².